The SMILES string of the molecule is CC(=O)Oc1[c-]cc(C)cc1.[Zn+][I]. The first-order valence-corrected chi connectivity index (χ1v) is 12.7. The quantitative estimate of drug-likeness (QED) is 0.258. The molecule has 0 N–H and O–H groups in total. The van der Waals surface area contributed by atoms with Crippen LogP contribution < -0.4 is 4.74 Å². The molecule has 2 nitrogen and oxygen atoms in total. The van der Waals surface area contributed by atoms with Gasteiger partial charge in [-0.2, -0.15) is 17.7 Å². The van der Waals surface area contributed by atoms with Crippen molar-refractivity contribution >= 4 is 25.7 Å². The zero-order valence-corrected chi connectivity index (χ0v) is 12.8. The number of ether oxygens (including phenoxy) is 1. The number of benzene rings is 1. The van der Waals surface area contributed by atoms with Crippen LogP contribution in [0.2, 0.25) is 0 Å². The average molecular weight is 341 g/mol. The number of rotatable bonds is 1. The van der Waals surface area contributed by atoms with Gasteiger partial charge in [-0.3, -0.25) is 4.79 Å². The van der Waals surface area contributed by atoms with Gasteiger partial charge in [-0.15, -0.1) is 12.1 Å². The van der Waals surface area contributed by atoms with Crippen molar-refractivity contribution < 1.29 is 24.3 Å². The predicted octanol–water partition coefficient (Wildman–Crippen LogP) is 2.60. The average Bonchev–Trinajstić information content (AvgIpc) is 2.12. The van der Waals surface area contributed by atoms with Gasteiger partial charge in [0.15, 0.2) is 0 Å². The molecule has 1 aromatic rings. The van der Waals surface area contributed by atoms with E-state index in [1.54, 1.807) is 12.1 Å². The molecule has 4 heteroatoms. The Hall–Kier alpha value is 0.0434. The van der Waals surface area contributed by atoms with Crippen LogP contribution in [0.4, 0.5) is 0 Å². The van der Waals surface area contributed by atoms with E-state index >= 15 is 0 Å². The van der Waals surface area contributed by atoms with Crippen LogP contribution in [0.3, 0.4) is 0 Å². The van der Waals surface area contributed by atoms with Gasteiger partial charge in [0.25, 0.3) is 0 Å². The number of aryl methyl sites for hydroxylation is 1. The van der Waals surface area contributed by atoms with E-state index in [9.17, 15) is 4.79 Å². The van der Waals surface area contributed by atoms with Gasteiger partial charge in [0.2, 0.25) is 0 Å². The van der Waals surface area contributed by atoms with Crippen LogP contribution in [0.1, 0.15) is 12.5 Å². The van der Waals surface area contributed by atoms with Crippen molar-refractivity contribution in [3.63, 3.8) is 0 Å². The van der Waals surface area contributed by atoms with Crippen LogP contribution in [0, 0.1) is 13.0 Å². The molecule has 0 bridgehead atoms. The molecule has 66 valence electrons. The van der Waals surface area contributed by atoms with Gasteiger partial charge < -0.3 is 4.74 Å². The van der Waals surface area contributed by atoms with Crippen molar-refractivity contribution in [2.45, 2.75) is 13.8 Å². The standard InChI is InChI=1S/C9H9O2.HI.Zn/c1-7-3-5-9(6-4-7)11-8(2)10;;/h3-5H,1-2H3;1H;/q-1;;+2/p-1. The third-order valence-corrected chi connectivity index (χ3v) is 1.19. The Morgan fingerprint density at radius 2 is 2.15 bits per heavy atom. The summed E-state index contributed by atoms with van der Waals surface area (Å²) in [7, 11) is 0. The molecule has 1 rings (SSSR count). The molecule has 0 saturated carbocycles. The number of esters is 1. The molecule has 0 amide bonds. The minimum absolute atomic E-state index is 0.315. The van der Waals surface area contributed by atoms with E-state index in [-0.39, 0.29) is 5.97 Å². The molecule has 0 unspecified atom stereocenters. The summed E-state index contributed by atoms with van der Waals surface area (Å²) in [4.78, 5) is 10.5. The Morgan fingerprint density at radius 1 is 1.54 bits per heavy atom. The summed E-state index contributed by atoms with van der Waals surface area (Å²) in [6.07, 6.45) is 0. The van der Waals surface area contributed by atoms with Crippen molar-refractivity contribution in [2.24, 2.45) is 0 Å². The minimum atomic E-state index is -0.315. The van der Waals surface area contributed by atoms with Crippen LogP contribution in [-0.2, 0) is 19.6 Å². The first kappa shape index (κ1) is 13.0. The van der Waals surface area contributed by atoms with Crippen molar-refractivity contribution in [1.82, 2.24) is 0 Å². The number of carbonyl (C=O) groups is 1. The summed E-state index contributed by atoms with van der Waals surface area (Å²) in [5.74, 6) is 0.160. The van der Waals surface area contributed by atoms with Crippen molar-refractivity contribution in [3.8, 4) is 5.75 Å². The third-order valence-electron chi connectivity index (χ3n) is 1.19. The molecule has 0 aliphatic carbocycles. The summed E-state index contributed by atoms with van der Waals surface area (Å²) >= 11 is 3.62. The Kier molecular flexibility index (Phi) is 7.47. The number of halogens is 1. The topological polar surface area (TPSA) is 26.3 Å². The first-order valence-electron chi connectivity index (χ1n) is 3.62. The maximum atomic E-state index is 10.5. The maximum absolute atomic E-state index is 10.5. The van der Waals surface area contributed by atoms with Crippen molar-refractivity contribution in [1.29, 1.82) is 0 Å². The normalized spacial score (nSPS) is 8.38. The zero-order valence-electron chi connectivity index (χ0n) is 7.63. The molecule has 1 aromatic carbocycles. The van der Waals surface area contributed by atoms with E-state index in [4.69, 9.17) is 4.74 Å². The second-order valence-electron chi connectivity index (χ2n) is 2.32. The molecule has 13 heavy (non-hydrogen) atoms. The van der Waals surface area contributed by atoms with E-state index < -0.39 is 0 Å². The van der Waals surface area contributed by atoms with Gasteiger partial charge >= 0.3 is 40.5 Å². The van der Waals surface area contributed by atoms with E-state index in [2.05, 4.69) is 25.8 Å². The summed E-state index contributed by atoms with van der Waals surface area (Å²) in [5.41, 5.74) is 1.10. The molecule has 0 aliphatic heterocycles. The molecule has 0 aromatic heterocycles. The fraction of sp³-hybridized carbons (Fsp3) is 0.222. The zero-order chi connectivity index (χ0) is 10.3. The molecule has 0 heterocycles. The number of carbonyl (C=O) groups excluding carboxylic acids is 1. The summed E-state index contributed by atoms with van der Waals surface area (Å²) in [6, 6.07) is 8.19. The Balaban J connectivity index is 0.000000671. The fourth-order valence-corrected chi connectivity index (χ4v) is 0.707. The van der Waals surface area contributed by atoms with Gasteiger partial charge in [0.1, 0.15) is 0 Å². The van der Waals surface area contributed by atoms with Crippen LogP contribution in [-0.4, -0.2) is 5.97 Å². The van der Waals surface area contributed by atoms with E-state index in [1.165, 1.54) is 21.7 Å². The molecule has 0 fully saturated rings. The number of hydrogen-bond acceptors (Lipinski definition) is 2. The molecule has 0 aliphatic rings. The second kappa shape index (κ2) is 7.45. The van der Waals surface area contributed by atoms with E-state index in [1.807, 2.05) is 13.0 Å². The Morgan fingerprint density at radius 3 is 2.54 bits per heavy atom. The predicted molar refractivity (Wildman–Crippen MR) is 55.3 cm³/mol. The van der Waals surface area contributed by atoms with Crippen LogP contribution in [0.15, 0.2) is 18.2 Å². The monoisotopic (exact) mass is 340 g/mol. The van der Waals surface area contributed by atoms with Gasteiger partial charge in [-0.1, -0.05) is 6.92 Å². The molecular formula is C9H9IO2Zn. The number of hydrogen-bond donors (Lipinski definition) is 0. The molecule has 0 radical (unpaired) electrons. The molecular weight excluding hydrogens is 332 g/mol. The van der Waals surface area contributed by atoms with Gasteiger partial charge in [0, 0.05) is 12.7 Å². The Bertz CT molecular complexity index is 259. The summed E-state index contributed by atoms with van der Waals surface area (Å²) in [5, 5.41) is 0. The fourth-order valence-electron chi connectivity index (χ4n) is 0.707. The second-order valence-corrected chi connectivity index (χ2v) is 2.32. The molecule has 0 saturated heterocycles. The summed E-state index contributed by atoms with van der Waals surface area (Å²) < 4.78 is 4.77. The van der Waals surface area contributed by atoms with Crippen LogP contribution >= 0.6 is 19.8 Å². The molecule has 0 spiro atoms. The summed E-state index contributed by atoms with van der Waals surface area (Å²) in [6.45, 7) is 3.32. The first-order chi connectivity index (χ1) is 6.18. The van der Waals surface area contributed by atoms with Crippen molar-refractivity contribution in [3.05, 3.63) is 29.8 Å². The van der Waals surface area contributed by atoms with Crippen molar-refractivity contribution in [2.75, 3.05) is 0 Å². The van der Waals surface area contributed by atoms with Gasteiger partial charge in [-0.05, 0) is 0 Å². The van der Waals surface area contributed by atoms with E-state index in [0.717, 1.165) is 5.56 Å². The van der Waals surface area contributed by atoms with Crippen LogP contribution in [0.5, 0.6) is 5.75 Å². The van der Waals surface area contributed by atoms with Gasteiger partial charge in [-0.25, -0.2) is 0 Å². The molecule has 0 atom stereocenters. The van der Waals surface area contributed by atoms with Gasteiger partial charge in [0.05, 0.1) is 0 Å². The van der Waals surface area contributed by atoms with Crippen LogP contribution in [0.25, 0.3) is 0 Å². The third kappa shape index (κ3) is 6.16. The van der Waals surface area contributed by atoms with E-state index in [0.29, 0.717) is 5.75 Å². The Labute approximate surface area is 98.9 Å².